The Labute approximate surface area is 98.0 Å². The summed E-state index contributed by atoms with van der Waals surface area (Å²) in [5.74, 6) is 0. The highest BCUT2D eigenvalue weighted by Crippen LogP contribution is 2.11. The molecular weight excluding hydrogens is 228 g/mol. The van der Waals surface area contributed by atoms with Gasteiger partial charge >= 0.3 is 0 Å². The topological polar surface area (TPSA) is 67.4 Å². The van der Waals surface area contributed by atoms with Crippen LogP contribution in [0, 0.1) is 0 Å². The number of nitrogens with one attached hydrogen (secondary N) is 2. The highest BCUT2D eigenvalue weighted by molar-refractivity contribution is 7.90. The summed E-state index contributed by atoms with van der Waals surface area (Å²) in [5, 5.41) is 2.81. The lowest BCUT2D eigenvalue weighted by molar-refractivity contribution is 0.173. The molecule has 0 spiro atoms. The van der Waals surface area contributed by atoms with Crippen molar-refractivity contribution < 1.29 is 13.2 Å². The Hall–Kier alpha value is -0.170. The van der Waals surface area contributed by atoms with Crippen LogP contribution in [-0.2, 0) is 14.8 Å². The van der Waals surface area contributed by atoms with E-state index < -0.39 is 10.0 Å². The minimum absolute atomic E-state index is 0.114. The molecule has 1 aliphatic heterocycles. The summed E-state index contributed by atoms with van der Waals surface area (Å²) in [7, 11) is -1.63. The van der Waals surface area contributed by atoms with Gasteiger partial charge in [0.25, 0.3) is 0 Å². The van der Waals surface area contributed by atoms with E-state index in [4.69, 9.17) is 4.74 Å². The first kappa shape index (κ1) is 13.9. The molecule has 1 saturated heterocycles. The summed E-state index contributed by atoms with van der Waals surface area (Å²) in [6.45, 7) is 3.85. The van der Waals surface area contributed by atoms with Gasteiger partial charge in [0, 0.05) is 19.7 Å². The number of piperidine rings is 1. The number of hydrogen-bond donors (Lipinski definition) is 2. The highest BCUT2D eigenvalue weighted by atomic mass is 32.2. The third-order valence-electron chi connectivity index (χ3n) is 2.88. The van der Waals surface area contributed by atoms with Gasteiger partial charge in [0.15, 0.2) is 0 Å². The quantitative estimate of drug-likeness (QED) is 0.701. The van der Waals surface area contributed by atoms with Crippen LogP contribution < -0.4 is 10.0 Å². The van der Waals surface area contributed by atoms with Crippen molar-refractivity contribution in [3.8, 4) is 0 Å². The molecule has 2 unspecified atom stereocenters. The molecule has 1 rings (SSSR count). The van der Waals surface area contributed by atoms with Gasteiger partial charge in [-0.15, -0.1) is 0 Å². The average Bonchev–Trinajstić information content (AvgIpc) is 2.29. The summed E-state index contributed by atoms with van der Waals surface area (Å²) < 4.78 is 31.8. The van der Waals surface area contributed by atoms with E-state index in [0.29, 0.717) is 13.2 Å². The molecule has 6 heteroatoms. The van der Waals surface area contributed by atoms with Gasteiger partial charge in [0.05, 0.1) is 11.9 Å². The molecule has 0 radical (unpaired) electrons. The predicted molar refractivity (Wildman–Crippen MR) is 63.9 cm³/mol. The van der Waals surface area contributed by atoms with Gasteiger partial charge in [-0.05, 0) is 25.8 Å². The molecule has 0 amide bonds. The molecular formula is C10H22N2O3S. The molecule has 2 atom stereocenters. The van der Waals surface area contributed by atoms with Crippen LogP contribution in [0.4, 0.5) is 0 Å². The molecule has 0 bridgehead atoms. The lowest BCUT2D eigenvalue weighted by Crippen LogP contribution is -2.48. The molecule has 0 aromatic carbocycles. The molecule has 96 valence electrons. The van der Waals surface area contributed by atoms with Crippen molar-refractivity contribution in [3.05, 3.63) is 0 Å². The van der Waals surface area contributed by atoms with Crippen LogP contribution in [0.2, 0.25) is 0 Å². The number of ether oxygens (including phenoxy) is 1. The first-order chi connectivity index (χ1) is 7.60. The Bertz CT molecular complexity index is 286. The fourth-order valence-corrected chi connectivity index (χ4v) is 3.56. The summed E-state index contributed by atoms with van der Waals surface area (Å²) in [6.07, 6.45) is 2.41. The summed E-state index contributed by atoms with van der Waals surface area (Å²) in [4.78, 5) is 0. The molecule has 1 aliphatic rings. The lowest BCUT2D eigenvalue weighted by atomic mass is 10.2. The monoisotopic (exact) mass is 250 g/mol. The Morgan fingerprint density at radius 1 is 1.56 bits per heavy atom. The van der Waals surface area contributed by atoms with Gasteiger partial charge in [-0.3, -0.25) is 0 Å². The molecule has 5 nitrogen and oxygen atoms in total. The van der Waals surface area contributed by atoms with Crippen LogP contribution in [0.25, 0.3) is 0 Å². The molecule has 0 aromatic rings. The van der Waals surface area contributed by atoms with Gasteiger partial charge in [-0.1, -0.05) is 6.92 Å². The first-order valence-electron chi connectivity index (χ1n) is 5.81. The minimum atomic E-state index is -3.21. The second-order valence-electron chi connectivity index (χ2n) is 4.19. The van der Waals surface area contributed by atoms with Crippen LogP contribution >= 0.6 is 0 Å². The Morgan fingerprint density at radius 2 is 2.31 bits per heavy atom. The van der Waals surface area contributed by atoms with Crippen LogP contribution in [0.15, 0.2) is 0 Å². The summed E-state index contributed by atoms with van der Waals surface area (Å²) in [5.41, 5.74) is 0. The summed E-state index contributed by atoms with van der Waals surface area (Å²) >= 11 is 0. The average molecular weight is 250 g/mol. The number of sulfonamides is 1. The summed E-state index contributed by atoms with van der Waals surface area (Å²) in [6, 6.07) is -0.114. The zero-order chi connectivity index (χ0) is 12.0. The number of rotatable bonds is 6. The molecule has 1 heterocycles. The van der Waals surface area contributed by atoms with Crippen molar-refractivity contribution in [2.45, 2.75) is 37.5 Å². The third kappa shape index (κ3) is 4.01. The molecule has 0 aliphatic carbocycles. The van der Waals surface area contributed by atoms with Crippen molar-refractivity contribution in [3.63, 3.8) is 0 Å². The Morgan fingerprint density at radius 3 is 2.81 bits per heavy atom. The van der Waals surface area contributed by atoms with Gasteiger partial charge in [0.1, 0.15) is 0 Å². The van der Waals surface area contributed by atoms with Gasteiger partial charge in [-0.2, -0.15) is 0 Å². The minimum Gasteiger partial charge on any atom is -0.383 e. The van der Waals surface area contributed by atoms with E-state index in [1.807, 2.05) is 6.92 Å². The second kappa shape index (κ2) is 6.54. The SMILES string of the molecule is CCC(COC)NS(=O)(=O)C1CCCNC1. The predicted octanol–water partition coefficient (Wildman–Crippen LogP) is 0.0828. The lowest BCUT2D eigenvalue weighted by Gasteiger charge is -2.25. The highest BCUT2D eigenvalue weighted by Gasteiger charge is 2.28. The molecule has 2 N–H and O–H groups in total. The molecule has 1 fully saturated rings. The van der Waals surface area contributed by atoms with Gasteiger partial charge < -0.3 is 10.1 Å². The third-order valence-corrected chi connectivity index (χ3v) is 4.82. The second-order valence-corrected chi connectivity index (χ2v) is 6.18. The van der Waals surface area contributed by atoms with E-state index in [9.17, 15) is 8.42 Å². The van der Waals surface area contributed by atoms with Crippen molar-refractivity contribution in [1.82, 2.24) is 10.0 Å². The normalized spacial score (nSPS) is 24.2. The van der Waals surface area contributed by atoms with Crippen molar-refractivity contribution in [2.24, 2.45) is 0 Å². The number of methoxy groups -OCH3 is 1. The van der Waals surface area contributed by atoms with E-state index in [2.05, 4.69) is 10.0 Å². The maximum absolute atomic E-state index is 12.0. The Balaban J connectivity index is 2.54. The van der Waals surface area contributed by atoms with E-state index in [-0.39, 0.29) is 11.3 Å². The van der Waals surface area contributed by atoms with E-state index >= 15 is 0 Å². The standard InChI is InChI=1S/C10H22N2O3S/c1-3-9(8-15-2)12-16(13,14)10-5-4-6-11-7-10/h9-12H,3-8H2,1-2H3. The van der Waals surface area contributed by atoms with E-state index in [1.54, 1.807) is 7.11 Å². The largest absolute Gasteiger partial charge is 0.383 e. The zero-order valence-corrected chi connectivity index (χ0v) is 10.8. The smallest absolute Gasteiger partial charge is 0.216 e. The maximum Gasteiger partial charge on any atom is 0.216 e. The maximum atomic E-state index is 12.0. The van der Waals surface area contributed by atoms with Crippen molar-refractivity contribution >= 4 is 10.0 Å². The van der Waals surface area contributed by atoms with Crippen LogP contribution in [0.1, 0.15) is 26.2 Å². The van der Waals surface area contributed by atoms with Gasteiger partial charge in [0.2, 0.25) is 10.0 Å². The molecule has 0 aromatic heterocycles. The van der Waals surface area contributed by atoms with Crippen LogP contribution in [-0.4, -0.2) is 46.5 Å². The molecule has 0 saturated carbocycles. The number of hydrogen-bond acceptors (Lipinski definition) is 4. The van der Waals surface area contributed by atoms with E-state index in [1.165, 1.54) is 0 Å². The Kier molecular flexibility index (Phi) is 5.68. The van der Waals surface area contributed by atoms with Crippen molar-refractivity contribution in [1.29, 1.82) is 0 Å². The van der Waals surface area contributed by atoms with Gasteiger partial charge in [-0.25, -0.2) is 13.1 Å². The zero-order valence-electron chi connectivity index (χ0n) is 10.0. The fraction of sp³-hybridized carbons (Fsp3) is 1.00. The van der Waals surface area contributed by atoms with Crippen molar-refractivity contribution in [2.75, 3.05) is 26.8 Å². The van der Waals surface area contributed by atoms with E-state index in [0.717, 1.165) is 25.8 Å². The fourth-order valence-electron chi connectivity index (χ4n) is 1.85. The first-order valence-corrected chi connectivity index (χ1v) is 7.35. The van der Waals surface area contributed by atoms with Crippen LogP contribution in [0.5, 0.6) is 0 Å². The molecule has 16 heavy (non-hydrogen) atoms. The van der Waals surface area contributed by atoms with Crippen LogP contribution in [0.3, 0.4) is 0 Å².